The first-order chi connectivity index (χ1) is 14.4. The van der Waals surface area contributed by atoms with Crippen LogP contribution in [-0.4, -0.2) is 24.6 Å². The van der Waals surface area contributed by atoms with Crippen LogP contribution < -0.4 is 15.4 Å². The molecule has 3 rings (SSSR count). The first-order valence-electron chi connectivity index (χ1n) is 10.3. The Morgan fingerprint density at radius 1 is 1.20 bits per heavy atom. The number of ether oxygens (including phenoxy) is 2. The second-order valence-electron chi connectivity index (χ2n) is 7.66. The predicted molar refractivity (Wildman–Crippen MR) is 107 cm³/mol. The first kappa shape index (κ1) is 21.8. The number of carbonyl (C=O) groups excluding carboxylic acids is 3. The van der Waals surface area contributed by atoms with Crippen molar-refractivity contribution >= 4 is 18.0 Å². The van der Waals surface area contributed by atoms with Gasteiger partial charge in [-0.25, -0.2) is 14.0 Å². The van der Waals surface area contributed by atoms with Crippen molar-refractivity contribution in [3.63, 3.8) is 0 Å². The van der Waals surface area contributed by atoms with E-state index in [1.807, 2.05) is 0 Å². The number of carbonyl (C=O) groups is 3. The minimum Gasteiger partial charge on any atom is -0.462 e. The van der Waals surface area contributed by atoms with Gasteiger partial charge in [-0.15, -0.1) is 0 Å². The normalized spacial score (nSPS) is 19.7. The van der Waals surface area contributed by atoms with Crippen LogP contribution in [0.15, 0.2) is 29.5 Å². The lowest BCUT2D eigenvalue weighted by Crippen LogP contribution is -2.46. The van der Waals surface area contributed by atoms with Crippen molar-refractivity contribution in [1.29, 1.82) is 0 Å². The van der Waals surface area contributed by atoms with E-state index in [4.69, 9.17) is 9.47 Å². The number of nitrogens with one attached hydrogen (secondary N) is 2. The van der Waals surface area contributed by atoms with Crippen LogP contribution in [0.3, 0.4) is 0 Å². The van der Waals surface area contributed by atoms with Crippen LogP contribution in [0.4, 0.5) is 9.18 Å². The molecule has 1 aliphatic heterocycles. The molecule has 8 heteroatoms. The third-order valence-electron chi connectivity index (χ3n) is 5.45. The number of allylic oxidation sites excluding steroid dienone is 1. The molecule has 1 atom stereocenters. The largest absolute Gasteiger partial charge is 0.462 e. The van der Waals surface area contributed by atoms with Crippen LogP contribution in [0, 0.1) is 11.7 Å². The summed E-state index contributed by atoms with van der Waals surface area (Å²) in [5.74, 6) is -1.47. The summed E-state index contributed by atoms with van der Waals surface area (Å²) in [4.78, 5) is 36.2. The predicted octanol–water partition coefficient (Wildman–Crippen LogP) is 3.89. The van der Waals surface area contributed by atoms with Crippen LogP contribution in [0.25, 0.3) is 0 Å². The van der Waals surface area contributed by atoms with E-state index in [1.165, 1.54) is 25.5 Å². The number of rotatable bonds is 6. The summed E-state index contributed by atoms with van der Waals surface area (Å²) in [6.45, 7) is 3.33. The molecule has 1 aliphatic carbocycles. The summed E-state index contributed by atoms with van der Waals surface area (Å²) in [7, 11) is 0. The minimum atomic E-state index is -1.00. The van der Waals surface area contributed by atoms with Gasteiger partial charge in [-0.05, 0) is 37.3 Å². The fraction of sp³-hybridized carbons (Fsp3) is 0.500. The standard InChI is InChI=1S/C22H27FN2O5/c1-3-18-19(21(27)29-12-14-7-5-4-6-8-14)20(25-22(28)24-18)16-10-9-15(11-17(16)23)30-13(2)26/h9-11,14,20H,3-8,12H2,1-2H3,(H2,24,25,28). The average molecular weight is 418 g/mol. The number of benzene rings is 1. The Morgan fingerprint density at radius 2 is 1.93 bits per heavy atom. The van der Waals surface area contributed by atoms with Crippen molar-refractivity contribution in [3.8, 4) is 5.75 Å². The highest BCUT2D eigenvalue weighted by molar-refractivity contribution is 5.95. The molecule has 162 valence electrons. The molecule has 7 nitrogen and oxygen atoms in total. The lowest BCUT2D eigenvalue weighted by atomic mass is 9.90. The number of urea groups is 1. The fourth-order valence-corrected chi connectivity index (χ4v) is 3.97. The van der Waals surface area contributed by atoms with Gasteiger partial charge in [0.05, 0.1) is 18.2 Å². The van der Waals surface area contributed by atoms with Crippen LogP contribution in [0.1, 0.15) is 64.0 Å². The molecule has 0 radical (unpaired) electrons. The second kappa shape index (κ2) is 9.73. The molecule has 1 aromatic carbocycles. The molecule has 2 aliphatic rings. The van der Waals surface area contributed by atoms with Gasteiger partial charge in [0, 0.05) is 24.3 Å². The Labute approximate surface area is 175 Å². The van der Waals surface area contributed by atoms with Gasteiger partial charge in [0.15, 0.2) is 0 Å². The highest BCUT2D eigenvalue weighted by Crippen LogP contribution is 2.32. The Hall–Kier alpha value is -2.90. The van der Waals surface area contributed by atoms with Crippen LogP contribution in [-0.2, 0) is 14.3 Å². The van der Waals surface area contributed by atoms with Crippen LogP contribution in [0.2, 0.25) is 0 Å². The quantitative estimate of drug-likeness (QED) is 0.540. The number of hydrogen-bond acceptors (Lipinski definition) is 5. The fourth-order valence-electron chi connectivity index (χ4n) is 3.97. The maximum atomic E-state index is 14.8. The van der Waals surface area contributed by atoms with Crippen molar-refractivity contribution in [3.05, 3.63) is 40.8 Å². The smallest absolute Gasteiger partial charge is 0.338 e. The SMILES string of the molecule is CCC1=C(C(=O)OCC2CCCCC2)C(c2ccc(OC(C)=O)cc2F)NC(=O)N1. The van der Waals surface area contributed by atoms with E-state index in [2.05, 4.69) is 10.6 Å². The van der Waals surface area contributed by atoms with Crippen molar-refractivity contribution in [2.45, 2.75) is 58.4 Å². The summed E-state index contributed by atoms with van der Waals surface area (Å²) in [6, 6.07) is 2.35. The van der Waals surface area contributed by atoms with Gasteiger partial charge in [-0.1, -0.05) is 26.2 Å². The highest BCUT2D eigenvalue weighted by Gasteiger charge is 2.35. The van der Waals surface area contributed by atoms with E-state index >= 15 is 0 Å². The van der Waals surface area contributed by atoms with Gasteiger partial charge in [0.25, 0.3) is 0 Å². The number of hydrogen-bond donors (Lipinski definition) is 2. The van der Waals surface area contributed by atoms with Gasteiger partial charge >= 0.3 is 18.0 Å². The van der Waals surface area contributed by atoms with Gasteiger partial charge in [-0.2, -0.15) is 0 Å². The maximum absolute atomic E-state index is 14.8. The van der Waals surface area contributed by atoms with Crippen molar-refractivity contribution in [2.75, 3.05) is 6.61 Å². The second-order valence-corrected chi connectivity index (χ2v) is 7.66. The Balaban J connectivity index is 1.86. The summed E-state index contributed by atoms with van der Waals surface area (Å²) < 4.78 is 25.3. The molecule has 1 fully saturated rings. The molecule has 0 spiro atoms. The van der Waals surface area contributed by atoms with E-state index < -0.39 is 29.8 Å². The zero-order valence-corrected chi connectivity index (χ0v) is 17.3. The Kier molecular flexibility index (Phi) is 7.07. The number of esters is 2. The van der Waals surface area contributed by atoms with E-state index in [0.717, 1.165) is 31.7 Å². The molecule has 0 aromatic heterocycles. The van der Waals surface area contributed by atoms with Gasteiger partial charge in [0.1, 0.15) is 11.6 Å². The molecule has 30 heavy (non-hydrogen) atoms. The van der Waals surface area contributed by atoms with Crippen molar-refractivity contribution in [2.24, 2.45) is 5.92 Å². The summed E-state index contributed by atoms with van der Waals surface area (Å²) >= 11 is 0. The van der Waals surface area contributed by atoms with E-state index in [-0.39, 0.29) is 16.9 Å². The van der Waals surface area contributed by atoms with Crippen molar-refractivity contribution in [1.82, 2.24) is 10.6 Å². The zero-order valence-electron chi connectivity index (χ0n) is 17.3. The Morgan fingerprint density at radius 3 is 2.57 bits per heavy atom. The van der Waals surface area contributed by atoms with E-state index in [0.29, 0.717) is 24.6 Å². The third-order valence-corrected chi connectivity index (χ3v) is 5.45. The van der Waals surface area contributed by atoms with Crippen molar-refractivity contribution < 1.29 is 28.2 Å². The molecule has 2 N–H and O–H groups in total. The van der Waals surface area contributed by atoms with Gasteiger partial charge < -0.3 is 20.1 Å². The first-order valence-corrected chi connectivity index (χ1v) is 10.3. The van der Waals surface area contributed by atoms with Crippen LogP contribution >= 0.6 is 0 Å². The molecule has 0 bridgehead atoms. The summed E-state index contributed by atoms with van der Waals surface area (Å²) in [5, 5.41) is 5.24. The lowest BCUT2D eigenvalue weighted by Gasteiger charge is -2.30. The summed E-state index contributed by atoms with van der Waals surface area (Å²) in [5.41, 5.74) is 0.684. The molecule has 1 heterocycles. The zero-order chi connectivity index (χ0) is 21.7. The third kappa shape index (κ3) is 5.17. The molecule has 0 saturated heterocycles. The molecule has 1 saturated carbocycles. The number of halogens is 1. The molecular weight excluding hydrogens is 391 g/mol. The Bertz CT molecular complexity index is 861. The molecule has 2 amide bonds. The monoisotopic (exact) mass is 418 g/mol. The highest BCUT2D eigenvalue weighted by atomic mass is 19.1. The summed E-state index contributed by atoms with van der Waals surface area (Å²) in [6.07, 6.45) is 5.90. The molecular formula is C22H27FN2O5. The maximum Gasteiger partial charge on any atom is 0.338 e. The lowest BCUT2D eigenvalue weighted by molar-refractivity contribution is -0.141. The molecule has 1 unspecified atom stereocenters. The molecule has 1 aromatic rings. The minimum absolute atomic E-state index is 0.0464. The van der Waals surface area contributed by atoms with Gasteiger partial charge in [0.2, 0.25) is 0 Å². The van der Waals surface area contributed by atoms with Gasteiger partial charge in [-0.3, -0.25) is 4.79 Å². The van der Waals surface area contributed by atoms with E-state index in [9.17, 15) is 18.8 Å². The topological polar surface area (TPSA) is 93.7 Å². The number of amides is 2. The van der Waals surface area contributed by atoms with Crippen LogP contribution in [0.5, 0.6) is 5.75 Å². The average Bonchev–Trinajstić information content (AvgIpc) is 2.71. The van der Waals surface area contributed by atoms with E-state index in [1.54, 1.807) is 6.92 Å².